The van der Waals surface area contributed by atoms with Crippen molar-refractivity contribution < 1.29 is 9.59 Å². The number of carbonyl (C=O) groups excluding carboxylic acids is 2. The number of nitrogens with one attached hydrogen (secondary N) is 2. The van der Waals surface area contributed by atoms with Gasteiger partial charge in [0.1, 0.15) is 0 Å². The molecule has 112 valence electrons. The largest absolute Gasteiger partial charge is 0.343 e. The number of amides is 2. The van der Waals surface area contributed by atoms with E-state index in [-0.39, 0.29) is 12.5 Å². The van der Waals surface area contributed by atoms with Crippen LogP contribution in [0.2, 0.25) is 0 Å². The van der Waals surface area contributed by atoms with Crippen LogP contribution in [0.5, 0.6) is 0 Å². The molecular weight excluding hydrogens is 346 g/mol. The fourth-order valence-electron chi connectivity index (χ4n) is 1.65. The zero-order chi connectivity index (χ0) is 15.8. The van der Waals surface area contributed by atoms with E-state index in [2.05, 4.69) is 31.8 Å². The molecule has 0 saturated heterocycles. The fourth-order valence-corrected chi connectivity index (χ4v) is 2.05. The Morgan fingerprint density at radius 3 is 2.59 bits per heavy atom. The van der Waals surface area contributed by atoms with Crippen LogP contribution in [0.25, 0.3) is 0 Å². The molecule has 2 N–H and O–H groups in total. The Kier molecular flexibility index (Phi) is 5.85. The highest BCUT2D eigenvalue weighted by Gasteiger charge is 2.07. The van der Waals surface area contributed by atoms with Gasteiger partial charge in [0.2, 0.25) is 0 Å². The molecule has 0 fully saturated rings. The van der Waals surface area contributed by atoms with Crippen molar-refractivity contribution in [2.75, 3.05) is 6.54 Å². The third kappa shape index (κ3) is 5.14. The highest BCUT2D eigenvalue weighted by molar-refractivity contribution is 9.10. The van der Waals surface area contributed by atoms with E-state index in [0.29, 0.717) is 5.56 Å². The lowest BCUT2D eigenvalue weighted by Crippen LogP contribution is -2.34. The molecule has 0 aromatic heterocycles. The average Bonchev–Trinajstić information content (AvgIpc) is 2.53. The van der Waals surface area contributed by atoms with Gasteiger partial charge in [-0.25, -0.2) is 5.43 Å². The predicted molar refractivity (Wildman–Crippen MR) is 88.7 cm³/mol. The van der Waals surface area contributed by atoms with Crippen LogP contribution in [0.3, 0.4) is 0 Å². The Balaban J connectivity index is 1.78. The number of hydrogen-bond acceptors (Lipinski definition) is 3. The van der Waals surface area contributed by atoms with Gasteiger partial charge in [-0.05, 0) is 23.8 Å². The second-order valence-corrected chi connectivity index (χ2v) is 5.31. The highest BCUT2D eigenvalue weighted by atomic mass is 79.9. The minimum Gasteiger partial charge on any atom is -0.343 e. The van der Waals surface area contributed by atoms with E-state index in [1.165, 1.54) is 6.21 Å². The first-order valence-electron chi connectivity index (χ1n) is 6.56. The van der Waals surface area contributed by atoms with E-state index in [0.717, 1.165) is 10.0 Å². The van der Waals surface area contributed by atoms with Gasteiger partial charge >= 0.3 is 0 Å². The molecular formula is C16H14BrN3O2. The van der Waals surface area contributed by atoms with E-state index < -0.39 is 5.91 Å². The smallest absolute Gasteiger partial charge is 0.259 e. The van der Waals surface area contributed by atoms with Crippen LogP contribution in [-0.2, 0) is 4.79 Å². The van der Waals surface area contributed by atoms with Gasteiger partial charge in [-0.1, -0.05) is 52.3 Å². The van der Waals surface area contributed by atoms with Crippen LogP contribution in [0, 0.1) is 0 Å². The quantitative estimate of drug-likeness (QED) is 0.635. The number of carbonyl (C=O) groups is 2. The lowest BCUT2D eigenvalue weighted by atomic mass is 10.2. The summed E-state index contributed by atoms with van der Waals surface area (Å²) in [4.78, 5) is 23.4. The highest BCUT2D eigenvalue weighted by Crippen LogP contribution is 2.11. The first-order valence-corrected chi connectivity index (χ1v) is 7.35. The Hall–Kier alpha value is -2.47. The maximum Gasteiger partial charge on any atom is 0.259 e. The molecule has 2 amide bonds. The Morgan fingerprint density at radius 2 is 1.86 bits per heavy atom. The van der Waals surface area contributed by atoms with Crippen LogP contribution < -0.4 is 10.7 Å². The number of hydrogen-bond donors (Lipinski definition) is 2. The van der Waals surface area contributed by atoms with Crippen molar-refractivity contribution in [1.82, 2.24) is 10.7 Å². The van der Waals surface area contributed by atoms with E-state index in [9.17, 15) is 9.59 Å². The minimum atomic E-state index is -0.393. The summed E-state index contributed by atoms with van der Waals surface area (Å²) in [7, 11) is 0. The zero-order valence-corrected chi connectivity index (χ0v) is 13.2. The molecule has 0 aliphatic heterocycles. The van der Waals surface area contributed by atoms with Gasteiger partial charge in [-0.2, -0.15) is 5.10 Å². The second-order valence-electron chi connectivity index (χ2n) is 4.40. The van der Waals surface area contributed by atoms with Crippen LogP contribution in [0.1, 0.15) is 15.9 Å². The molecule has 0 heterocycles. The van der Waals surface area contributed by atoms with Gasteiger partial charge in [0.25, 0.3) is 11.8 Å². The van der Waals surface area contributed by atoms with Gasteiger partial charge in [0, 0.05) is 10.0 Å². The summed E-state index contributed by atoms with van der Waals surface area (Å²) in [6.45, 7) is -0.141. The van der Waals surface area contributed by atoms with Gasteiger partial charge in [-0.3, -0.25) is 9.59 Å². The lowest BCUT2D eigenvalue weighted by molar-refractivity contribution is -0.120. The van der Waals surface area contributed by atoms with E-state index in [1.54, 1.807) is 18.2 Å². The maximum atomic E-state index is 11.8. The summed E-state index contributed by atoms with van der Waals surface area (Å²) in [6, 6.07) is 16.3. The Labute approximate surface area is 136 Å². The molecule has 22 heavy (non-hydrogen) atoms. The summed E-state index contributed by atoms with van der Waals surface area (Å²) in [6.07, 6.45) is 1.54. The third-order valence-electron chi connectivity index (χ3n) is 2.70. The fraction of sp³-hybridized carbons (Fsp3) is 0.0625. The van der Waals surface area contributed by atoms with Gasteiger partial charge in [0.05, 0.1) is 12.8 Å². The van der Waals surface area contributed by atoms with Crippen molar-refractivity contribution >= 4 is 34.0 Å². The Bertz CT molecular complexity index is 687. The topological polar surface area (TPSA) is 70.6 Å². The average molecular weight is 360 g/mol. The summed E-state index contributed by atoms with van der Waals surface area (Å²) in [5.41, 5.74) is 3.71. The molecule has 0 radical (unpaired) electrons. The molecule has 2 aromatic rings. The molecule has 6 heteroatoms. The molecule has 5 nitrogen and oxygen atoms in total. The van der Waals surface area contributed by atoms with Crippen LogP contribution in [0.15, 0.2) is 64.2 Å². The number of hydrazone groups is 1. The van der Waals surface area contributed by atoms with Crippen molar-refractivity contribution in [3.05, 3.63) is 70.2 Å². The molecule has 0 unspecified atom stereocenters. The van der Waals surface area contributed by atoms with Crippen LogP contribution in [0.4, 0.5) is 0 Å². The molecule has 0 spiro atoms. The van der Waals surface area contributed by atoms with Crippen molar-refractivity contribution in [2.24, 2.45) is 5.10 Å². The van der Waals surface area contributed by atoms with Crippen molar-refractivity contribution in [1.29, 1.82) is 0 Å². The minimum absolute atomic E-state index is 0.141. The summed E-state index contributed by atoms with van der Waals surface area (Å²) >= 11 is 3.29. The molecule has 0 atom stereocenters. The number of benzene rings is 2. The molecule has 2 rings (SSSR count). The monoisotopic (exact) mass is 359 g/mol. The third-order valence-corrected chi connectivity index (χ3v) is 3.19. The first-order chi connectivity index (χ1) is 10.6. The standard InChI is InChI=1S/C16H14BrN3O2/c17-14-8-4-7-13(9-14)16(22)18-11-15(21)20-19-10-12-5-2-1-3-6-12/h1-10H,11H2,(H,18,22)(H,20,21)/b19-10-. The molecule has 0 aliphatic rings. The number of halogens is 1. The van der Waals surface area contributed by atoms with Gasteiger partial charge < -0.3 is 5.32 Å². The molecule has 2 aromatic carbocycles. The first kappa shape index (κ1) is 15.9. The maximum absolute atomic E-state index is 11.8. The molecule has 0 bridgehead atoms. The van der Waals surface area contributed by atoms with Crippen LogP contribution in [-0.4, -0.2) is 24.6 Å². The van der Waals surface area contributed by atoms with E-state index in [1.807, 2.05) is 36.4 Å². The normalized spacial score (nSPS) is 10.4. The van der Waals surface area contributed by atoms with Crippen molar-refractivity contribution in [3.8, 4) is 0 Å². The second kappa shape index (κ2) is 8.09. The Morgan fingerprint density at radius 1 is 1.09 bits per heavy atom. The lowest BCUT2D eigenvalue weighted by Gasteiger charge is -2.04. The summed E-state index contributed by atoms with van der Waals surface area (Å²) in [5.74, 6) is -0.709. The number of rotatable bonds is 5. The SMILES string of the molecule is O=C(CNC(=O)c1cccc(Br)c1)N/N=C\c1ccccc1. The van der Waals surface area contributed by atoms with Crippen LogP contribution >= 0.6 is 15.9 Å². The van der Waals surface area contributed by atoms with E-state index in [4.69, 9.17) is 0 Å². The van der Waals surface area contributed by atoms with Gasteiger partial charge in [-0.15, -0.1) is 0 Å². The zero-order valence-electron chi connectivity index (χ0n) is 11.6. The summed E-state index contributed by atoms with van der Waals surface area (Å²) in [5, 5.41) is 6.35. The van der Waals surface area contributed by atoms with Gasteiger partial charge in [0.15, 0.2) is 0 Å². The van der Waals surface area contributed by atoms with Crippen molar-refractivity contribution in [3.63, 3.8) is 0 Å². The summed E-state index contributed by atoms with van der Waals surface area (Å²) < 4.78 is 0.803. The van der Waals surface area contributed by atoms with Crippen molar-refractivity contribution in [2.45, 2.75) is 0 Å². The molecule has 0 aliphatic carbocycles. The predicted octanol–water partition coefficient (Wildman–Crippen LogP) is 2.33. The number of nitrogens with zero attached hydrogens (tertiary/aromatic N) is 1. The molecule has 0 saturated carbocycles. The van der Waals surface area contributed by atoms with E-state index >= 15 is 0 Å².